The molecule has 0 aliphatic carbocycles. The molecule has 2 unspecified atom stereocenters. The zero-order valence-corrected chi connectivity index (χ0v) is 10.9. The van der Waals surface area contributed by atoms with Gasteiger partial charge in [0, 0.05) is 18.6 Å². The molecule has 1 aliphatic rings. The molecule has 17 heavy (non-hydrogen) atoms. The Kier molecular flexibility index (Phi) is 4.06. The molecular weight excluding hydrogens is 216 g/mol. The highest BCUT2D eigenvalue weighted by atomic mass is 15.6. The van der Waals surface area contributed by atoms with Crippen LogP contribution in [0.2, 0.25) is 0 Å². The fraction of sp³-hybridized carbons (Fsp3) is 0.909. The minimum absolute atomic E-state index is 0.572. The van der Waals surface area contributed by atoms with Crippen molar-refractivity contribution in [3.05, 3.63) is 5.82 Å². The highest BCUT2D eigenvalue weighted by Gasteiger charge is 2.23. The Morgan fingerprint density at radius 3 is 2.94 bits per heavy atom. The molecule has 1 saturated heterocycles. The van der Waals surface area contributed by atoms with Gasteiger partial charge in [-0.15, -0.1) is 10.2 Å². The number of hydrogen-bond donors (Lipinski definition) is 1. The maximum atomic E-state index is 4.25. The maximum Gasteiger partial charge on any atom is 0.188 e. The Balaban J connectivity index is 2.01. The van der Waals surface area contributed by atoms with Crippen molar-refractivity contribution in [2.24, 2.45) is 7.05 Å². The molecule has 2 rings (SSSR count). The van der Waals surface area contributed by atoms with Gasteiger partial charge in [0.05, 0.1) is 13.6 Å². The Bertz CT molecular complexity index is 349. The van der Waals surface area contributed by atoms with E-state index in [1.165, 1.54) is 11.2 Å². The van der Waals surface area contributed by atoms with Crippen LogP contribution >= 0.6 is 0 Å². The zero-order valence-electron chi connectivity index (χ0n) is 10.9. The number of aryl methyl sites for hydroxylation is 1. The van der Waals surface area contributed by atoms with Gasteiger partial charge in [-0.1, -0.05) is 6.92 Å². The molecule has 0 bridgehead atoms. The van der Waals surface area contributed by atoms with E-state index < -0.39 is 0 Å². The number of nitrogens with one attached hydrogen (secondary N) is 1. The summed E-state index contributed by atoms with van der Waals surface area (Å²) >= 11 is 0. The molecule has 0 aromatic carbocycles. The van der Waals surface area contributed by atoms with Crippen LogP contribution in [0, 0.1) is 0 Å². The van der Waals surface area contributed by atoms with Gasteiger partial charge in [-0.2, -0.15) is 4.80 Å². The average molecular weight is 238 g/mol. The van der Waals surface area contributed by atoms with Crippen LogP contribution in [0.4, 0.5) is 0 Å². The molecule has 6 heteroatoms. The van der Waals surface area contributed by atoms with Crippen molar-refractivity contribution < 1.29 is 0 Å². The predicted octanol–water partition coefficient (Wildman–Crippen LogP) is 0.173. The van der Waals surface area contributed by atoms with Crippen LogP contribution in [0.15, 0.2) is 0 Å². The molecule has 0 saturated carbocycles. The molecule has 2 atom stereocenters. The van der Waals surface area contributed by atoms with Gasteiger partial charge in [-0.05, 0) is 31.5 Å². The van der Waals surface area contributed by atoms with Crippen molar-refractivity contribution >= 4 is 0 Å². The first-order valence-electron chi connectivity index (χ1n) is 6.39. The highest BCUT2D eigenvalue weighted by Crippen LogP contribution is 2.12. The number of rotatable bonds is 3. The van der Waals surface area contributed by atoms with Gasteiger partial charge < -0.3 is 5.32 Å². The first-order chi connectivity index (χ1) is 8.19. The van der Waals surface area contributed by atoms with Crippen LogP contribution in [-0.4, -0.2) is 50.3 Å². The lowest BCUT2D eigenvalue weighted by Crippen LogP contribution is -2.39. The van der Waals surface area contributed by atoms with Crippen LogP contribution in [0.5, 0.6) is 0 Å². The fourth-order valence-corrected chi connectivity index (χ4v) is 2.27. The van der Waals surface area contributed by atoms with Crippen molar-refractivity contribution in [2.45, 2.75) is 45.3 Å². The van der Waals surface area contributed by atoms with E-state index in [4.69, 9.17) is 0 Å². The van der Waals surface area contributed by atoms with E-state index in [2.05, 4.69) is 39.5 Å². The molecule has 0 spiro atoms. The molecule has 96 valence electrons. The predicted molar refractivity (Wildman–Crippen MR) is 65.4 cm³/mol. The topological polar surface area (TPSA) is 58.9 Å². The van der Waals surface area contributed by atoms with Gasteiger partial charge in [0.1, 0.15) is 0 Å². The van der Waals surface area contributed by atoms with Crippen molar-refractivity contribution in [2.75, 3.05) is 13.1 Å². The second-order valence-electron chi connectivity index (χ2n) is 4.82. The smallest absolute Gasteiger partial charge is 0.188 e. The summed E-state index contributed by atoms with van der Waals surface area (Å²) in [5.41, 5.74) is 0. The molecule has 1 aromatic heterocycles. The summed E-state index contributed by atoms with van der Waals surface area (Å²) in [5, 5.41) is 15.8. The van der Waals surface area contributed by atoms with E-state index in [9.17, 15) is 0 Å². The summed E-state index contributed by atoms with van der Waals surface area (Å²) in [4.78, 5) is 3.97. The SMILES string of the molecule is CCC1CN(Cc2nnn(C)n2)C(C)CCN1. The third-order valence-corrected chi connectivity index (χ3v) is 3.46. The summed E-state index contributed by atoms with van der Waals surface area (Å²) in [7, 11) is 1.80. The molecule has 2 heterocycles. The standard InChI is InChI=1S/C11H22N6/c1-4-10-7-17(9(2)5-6-12-10)8-11-13-15-16(3)14-11/h9-10,12H,4-8H2,1-3H3. The largest absolute Gasteiger partial charge is 0.313 e. The number of aromatic nitrogens is 4. The Morgan fingerprint density at radius 2 is 2.29 bits per heavy atom. The average Bonchev–Trinajstić information content (AvgIpc) is 2.62. The lowest BCUT2D eigenvalue weighted by Gasteiger charge is -2.27. The van der Waals surface area contributed by atoms with E-state index in [0.717, 1.165) is 31.9 Å². The van der Waals surface area contributed by atoms with Crippen molar-refractivity contribution in [1.29, 1.82) is 0 Å². The van der Waals surface area contributed by atoms with Crippen LogP contribution in [-0.2, 0) is 13.6 Å². The van der Waals surface area contributed by atoms with Crippen molar-refractivity contribution in [3.63, 3.8) is 0 Å². The lowest BCUT2D eigenvalue weighted by molar-refractivity contribution is 0.189. The van der Waals surface area contributed by atoms with Crippen LogP contribution in [0.1, 0.15) is 32.5 Å². The van der Waals surface area contributed by atoms with Gasteiger partial charge in [0.15, 0.2) is 5.82 Å². The first-order valence-corrected chi connectivity index (χ1v) is 6.39. The third-order valence-electron chi connectivity index (χ3n) is 3.46. The van der Waals surface area contributed by atoms with Gasteiger partial charge >= 0.3 is 0 Å². The number of tetrazole rings is 1. The summed E-state index contributed by atoms with van der Waals surface area (Å²) in [6, 6.07) is 1.15. The van der Waals surface area contributed by atoms with Gasteiger partial charge in [-0.25, -0.2) is 0 Å². The Hall–Kier alpha value is -1.01. The molecule has 6 nitrogen and oxygen atoms in total. The van der Waals surface area contributed by atoms with Gasteiger partial charge in [0.25, 0.3) is 0 Å². The molecule has 1 N–H and O–H groups in total. The lowest BCUT2D eigenvalue weighted by atomic mass is 10.2. The van der Waals surface area contributed by atoms with Crippen molar-refractivity contribution in [3.8, 4) is 0 Å². The van der Waals surface area contributed by atoms with Crippen LogP contribution < -0.4 is 5.32 Å². The molecule has 1 aromatic rings. The Labute approximate surface area is 102 Å². The first kappa shape index (κ1) is 12.4. The zero-order chi connectivity index (χ0) is 12.3. The summed E-state index contributed by atoms with van der Waals surface area (Å²) in [6.45, 7) is 7.47. The number of nitrogens with zero attached hydrogens (tertiary/aromatic N) is 5. The fourth-order valence-electron chi connectivity index (χ4n) is 2.27. The van der Waals surface area contributed by atoms with Crippen LogP contribution in [0.25, 0.3) is 0 Å². The summed E-state index contributed by atoms with van der Waals surface area (Å²) in [6.07, 6.45) is 2.34. The maximum absolute atomic E-state index is 4.25. The monoisotopic (exact) mass is 238 g/mol. The second-order valence-corrected chi connectivity index (χ2v) is 4.82. The third kappa shape index (κ3) is 3.23. The summed E-state index contributed by atoms with van der Waals surface area (Å²) < 4.78 is 0. The Morgan fingerprint density at radius 1 is 1.47 bits per heavy atom. The molecule has 0 radical (unpaired) electrons. The molecule has 1 aliphatic heterocycles. The van der Waals surface area contributed by atoms with E-state index in [0.29, 0.717) is 12.1 Å². The highest BCUT2D eigenvalue weighted by molar-refractivity contribution is 4.85. The van der Waals surface area contributed by atoms with Gasteiger partial charge in [-0.3, -0.25) is 4.90 Å². The van der Waals surface area contributed by atoms with E-state index in [1.54, 1.807) is 7.05 Å². The van der Waals surface area contributed by atoms with Gasteiger partial charge in [0.2, 0.25) is 0 Å². The molecular formula is C11H22N6. The second kappa shape index (κ2) is 5.55. The van der Waals surface area contributed by atoms with E-state index >= 15 is 0 Å². The minimum Gasteiger partial charge on any atom is -0.313 e. The van der Waals surface area contributed by atoms with Crippen molar-refractivity contribution in [1.82, 2.24) is 30.4 Å². The number of hydrogen-bond acceptors (Lipinski definition) is 5. The van der Waals surface area contributed by atoms with E-state index in [-0.39, 0.29) is 0 Å². The quantitative estimate of drug-likeness (QED) is 0.813. The van der Waals surface area contributed by atoms with Crippen LogP contribution in [0.3, 0.4) is 0 Å². The molecule has 1 fully saturated rings. The van der Waals surface area contributed by atoms with E-state index in [1.807, 2.05) is 0 Å². The minimum atomic E-state index is 0.572. The summed E-state index contributed by atoms with van der Waals surface area (Å²) in [5.74, 6) is 0.816. The molecule has 0 amide bonds. The normalized spacial score (nSPS) is 27.0.